The van der Waals surface area contributed by atoms with Gasteiger partial charge in [0.25, 0.3) is 0 Å². The molecule has 1 rings (SSSR count). The summed E-state index contributed by atoms with van der Waals surface area (Å²) in [5.74, 6) is 0.727. The Balaban J connectivity index is 2.85. The second kappa shape index (κ2) is 7.80. The van der Waals surface area contributed by atoms with E-state index in [1.165, 1.54) is 17.7 Å². The van der Waals surface area contributed by atoms with E-state index in [-0.39, 0.29) is 0 Å². The van der Waals surface area contributed by atoms with Crippen LogP contribution in [0.5, 0.6) is 0 Å². The lowest BCUT2D eigenvalue weighted by atomic mass is 10.1. The zero-order valence-electron chi connectivity index (χ0n) is 12.0. The van der Waals surface area contributed by atoms with Gasteiger partial charge in [0.1, 0.15) is 0 Å². The summed E-state index contributed by atoms with van der Waals surface area (Å²) in [5.41, 5.74) is 2.69. The number of halogens is 1. The highest BCUT2D eigenvalue weighted by atomic mass is 79.9. The van der Waals surface area contributed by atoms with E-state index >= 15 is 0 Å². The van der Waals surface area contributed by atoms with Gasteiger partial charge in [0.15, 0.2) is 0 Å². The van der Waals surface area contributed by atoms with Crippen molar-refractivity contribution in [2.75, 3.05) is 25.0 Å². The number of hydrogen-bond acceptors (Lipinski definition) is 2. The molecule has 0 heterocycles. The van der Waals surface area contributed by atoms with E-state index in [0.29, 0.717) is 0 Å². The quantitative estimate of drug-likeness (QED) is 0.817. The summed E-state index contributed by atoms with van der Waals surface area (Å²) in [6, 6.07) is 6.54. The van der Waals surface area contributed by atoms with E-state index in [0.717, 1.165) is 30.0 Å². The summed E-state index contributed by atoms with van der Waals surface area (Å²) in [5, 5.41) is 3.41. The van der Waals surface area contributed by atoms with Gasteiger partial charge in [-0.2, -0.15) is 0 Å². The molecule has 18 heavy (non-hydrogen) atoms. The van der Waals surface area contributed by atoms with Gasteiger partial charge in [-0.05, 0) is 36.2 Å². The number of anilines is 1. The van der Waals surface area contributed by atoms with Crippen LogP contribution in [0.2, 0.25) is 0 Å². The summed E-state index contributed by atoms with van der Waals surface area (Å²) in [6.45, 7) is 9.73. The Morgan fingerprint density at radius 2 is 2.06 bits per heavy atom. The molecule has 0 spiro atoms. The minimum absolute atomic E-state index is 0.727. The number of nitrogens with one attached hydrogen (secondary N) is 1. The highest BCUT2D eigenvalue weighted by Gasteiger charge is 2.10. The number of nitrogens with zero attached hydrogens (tertiary/aromatic N) is 1. The third-order valence-corrected chi connectivity index (χ3v) is 3.79. The van der Waals surface area contributed by atoms with Gasteiger partial charge in [0.05, 0.1) is 0 Å². The maximum absolute atomic E-state index is 3.56. The second-order valence-electron chi connectivity index (χ2n) is 4.95. The Morgan fingerprint density at radius 1 is 1.33 bits per heavy atom. The molecule has 1 unspecified atom stereocenters. The van der Waals surface area contributed by atoms with E-state index in [9.17, 15) is 0 Å². The molecule has 0 aliphatic carbocycles. The number of hydrogen-bond donors (Lipinski definition) is 1. The third-order valence-electron chi connectivity index (χ3n) is 3.30. The van der Waals surface area contributed by atoms with E-state index in [4.69, 9.17) is 0 Å². The molecule has 0 radical (unpaired) electrons. The Bertz CT molecular complexity index is 366. The van der Waals surface area contributed by atoms with Crippen LogP contribution in [0.25, 0.3) is 0 Å². The smallest absolute Gasteiger partial charge is 0.0410 e. The minimum Gasteiger partial charge on any atom is -0.374 e. The van der Waals surface area contributed by atoms with Gasteiger partial charge in [-0.15, -0.1) is 0 Å². The summed E-state index contributed by atoms with van der Waals surface area (Å²) in [7, 11) is 2.19. The first-order valence-corrected chi connectivity index (χ1v) is 7.58. The summed E-state index contributed by atoms with van der Waals surface area (Å²) in [6.07, 6.45) is 1.23. The lowest BCUT2D eigenvalue weighted by Gasteiger charge is -2.25. The van der Waals surface area contributed by atoms with Crippen molar-refractivity contribution >= 4 is 21.6 Å². The van der Waals surface area contributed by atoms with Gasteiger partial charge in [0, 0.05) is 30.3 Å². The van der Waals surface area contributed by atoms with E-state index in [1.807, 2.05) is 0 Å². The predicted molar refractivity (Wildman–Crippen MR) is 84.2 cm³/mol. The molecule has 0 fully saturated rings. The van der Waals surface area contributed by atoms with Crippen molar-refractivity contribution in [3.05, 3.63) is 28.2 Å². The zero-order valence-corrected chi connectivity index (χ0v) is 13.5. The molecule has 0 bridgehead atoms. The van der Waals surface area contributed by atoms with Crippen LogP contribution >= 0.6 is 15.9 Å². The maximum Gasteiger partial charge on any atom is 0.0410 e. The fraction of sp³-hybridized carbons (Fsp3) is 0.600. The van der Waals surface area contributed by atoms with E-state index in [1.54, 1.807) is 0 Å². The molecule has 3 heteroatoms. The zero-order chi connectivity index (χ0) is 13.5. The highest BCUT2D eigenvalue weighted by Crippen LogP contribution is 2.24. The van der Waals surface area contributed by atoms with Crippen molar-refractivity contribution in [3.63, 3.8) is 0 Å². The van der Waals surface area contributed by atoms with Crippen LogP contribution in [0.3, 0.4) is 0 Å². The van der Waals surface area contributed by atoms with Crippen molar-refractivity contribution in [1.29, 1.82) is 0 Å². The molecule has 1 N–H and O–H groups in total. The van der Waals surface area contributed by atoms with Gasteiger partial charge in [-0.3, -0.25) is 0 Å². The van der Waals surface area contributed by atoms with Crippen molar-refractivity contribution in [2.45, 2.75) is 33.7 Å². The Hall–Kier alpha value is -0.540. The van der Waals surface area contributed by atoms with E-state index in [2.05, 4.69) is 72.2 Å². The molecule has 1 atom stereocenters. The SMILES string of the molecule is CCNCc1cc(Br)ccc1N(C)CC(C)CC. The van der Waals surface area contributed by atoms with Crippen LogP contribution in [0, 0.1) is 5.92 Å². The van der Waals surface area contributed by atoms with Crippen LogP contribution < -0.4 is 10.2 Å². The summed E-state index contributed by atoms with van der Waals surface area (Å²) in [4.78, 5) is 2.37. The first-order valence-electron chi connectivity index (χ1n) is 6.78. The van der Waals surface area contributed by atoms with Crippen molar-refractivity contribution < 1.29 is 0 Å². The van der Waals surface area contributed by atoms with Gasteiger partial charge in [-0.25, -0.2) is 0 Å². The standard InChI is InChI=1S/C15H25BrN2/c1-5-12(3)11-18(4)15-8-7-14(16)9-13(15)10-17-6-2/h7-9,12,17H,5-6,10-11H2,1-4H3. The molecule has 102 valence electrons. The molecule has 0 saturated heterocycles. The van der Waals surface area contributed by atoms with E-state index < -0.39 is 0 Å². The molecule has 1 aromatic carbocycles. The largest absolute Gasteiger partial charge is 0.374 e. The van der Waals surface area contributed by atoms with Crippen molar-refractivity contribution in [1.82, 2.24) is 5.32 Å². The second-order valence-corrected chi connectivity index (χ2v) is 5.86. The van der Waals surface area contributed by atoms with Gasteiger partial charge in [-0.1, -0.05) is 43.1 Å². The van der Waals surface area contributed by atoms with Crippen molar-refractivity contribution in [3.8, 4) is 0 Å². The Labute approximate surface area is 120 Å². The molecule has 0 amide bonds. The van der Waals surface area contributed by atoms with Gasteiger partial charge < -0.3 is 10.2 Å². The molecule has 0 aliphatic heterocycles. The molecule has 0 aliphatic rings. The third kappa shape index (κ3) is 4.62. The van der Waals surface area contributed by atoms with Crippen LogP contribution in [-0.4, -0.2) is 20.1 Å². The van der Waals surface area contributed by atoms with Crippen molar-refractivity contribution in [2.24, 2.45) is 5.92 Å². The maximum atomic E-state index is 3.56. The molecular weight excluding hydrogens is 288 g/mol. The molecular formula is C15H25BrN2. The topological polar surface area (TPSA) is 15.3 Å². The molecule has 0 aromatic heterocycles. The average Bonchev–Trinajstić information content (AvgIpc) is 2.36. The Morgan fingerprint density at radius 3 is 2.67 bits per heavy atom. The monoisotopic (exact) mass is 312 g/mol. The molecule has 1 aromatic rings. The first-order chi connectivity index (χ1) is 8.58. The van der Waals surface area contributed by atoms with Gasteiger partial charge in [0.2, 0.25) is 0 Å². The Kier molecular flexibility index (Phi) is 6.72. The number of benzene rings is 1. The fourth-order valence-corrected chi connectivity index (χ4v) is 2.43. The molecule has 0 saturated carbocycles. The minimum atomic E-state index is 0.727. The average molecular weight is 313 g/mol. The van der Waals surface area contributed by atoms with Crippen LogP contribution in [0.4, 0.5) is 5.69 Å². The summed E-state index contributed by atoms with van der Waals surface area (Å²) >= 11 is 3.56. The molecule has 2 nitrogen and oxygen atoms in total. The lowest BCUT2D eigenvalue weighted by molar-refractivity contribution is 0.558. The normalized spacial score (nSPS) is 12.5. The first kappa shape index (κ1) is 15.5. The lowest BCUT2D eigenvalue weighted by Crippen LogP contribution is -2.25. The van der Waals surface area contributed by atoms with Crippen LogP contribution in [-0.2, 0) is 6.54 Å². The van der Waals surface area contributed by atoms with Crippen LogP contribution in [0.15, 0.2) is 22.7 Å². The van der Waals surface area contributed by atoms with Crippen LogP contribution in [0.1, 0.15) is 32.8 Å². The highest BCUT2D eigenvalue weighted by molar-refractivity contribution is 9.10. The predicted octanol–water partition coefficient (Wildman–Crippen LogP) is 4.04. The number of rotatable bonds is 7. The fourth-order valence-electron chi connectivity index (χ4n) is 2.02. The van der Waals surface area contributed by atoms with Gasteiger partial charge >= 0.3 is 0 Å². The summed E-state index contributed by atoms with van der Waals surface area (Å²) < 4.78 is 1.15.